The largest absolute Gasteiger partial charge is 0.462 e. The van der Waals surface area contributed by atoms with Gasteiger partial charge in [-0.15, -0.1) is 0 Å². The van der Waals surface area contributed by atoms with Crippen LogP contribution in [0.4, 0.5) is 11.4 Å². The van der Waals surface area contributed by atoms with E-state index in [9.17, 15) is 14.4 Å². The van der Waals surface area contributed by atoms with E-state index in [1.54, 1.807) is 6.92 Å². The van der Waals surface area contributed by atoms with Gasteiger partial charge in [0.1, 0.15) is 10.7 Å². The molecule has 0 spiro atoms. The van der Waals surface area contributed by atoms with Crippen molar-refractivity contribution in [2.24, 2.45) is 0 Å². The Bertz CT molecular complexity index is 981. The van der Waals surface area contributed by atoms with Gasteiger partial charge in [0, 0.05) is 5.69 Å². The lowest BCUT2D eigenvalue weighted by Gasteiger charge is -2.15. The summed E-state index contributed by atoms with van der Waals surface area (Å²) in [6.07, 6.45) is 3.23. The van der Waals surface area contributed by atoms with Crippen LogP contribution in [-0.2, 0) is 20.7 Å². The number of ether oxygens (including phenoxy) is 1. The van der Waals surface area contributed by atoms with Gasteiger partial charge in [-0.25, -0.2) is 9.69 Å². The van der Waals surface area contributed by atoms with E-state index in [0.29, 0.717) is 16.9 Å². The number of nitrogens with one attached hydrogen (secondary N) is 1. The van der Waals surface area contributed by atoms with Crippen molar-refractivity contribution >= 4 is 40.8 Å². The third kappa shape index (κ3) is 4.54. The zero-order valence-corrected chi connectivity index (χ0v) is 17.7. The molecule has 2 aromatic rings. The van der Waals surface area contributed by atoms with E-state index in [1.165, 1.54) is 29.8 Å². The molecule has 0 aromatic heterocycles. The van der Waals surface area contributed by atoms with Crippen LogP contribution < -0.4 is 10.2 Å². The number of imide groups is 1. The monoisotopic (exact) mass is 426 g/mol. The van der Waals surface area contributed by atoms with Crippen LogP contribution in [0.25, 0.3) is 0 Å². The molecule has 30 heavy (non-hydrogen) atoms. The number of rotatable bonds is 8. The maximum Gasteiger partial charge on any atom is 0.338 e. The summed E-state index contributed by atoms with van der Waals surface area (Å²) in [5.74, 6) is -1.64. The Morgan fingerprint density at radius 1 is 1.00 bits per heavy atom. The summed E-state index contributed by atoms with van der Waals surface area (Å²) in [6.45, 7) is 4.12. The Balaban J connectivity index is 1.75. The molecule has 1 N–H and O–H groups in total. The van der Waals surface area contributed by atoms with Crippen LogP contribution in [-0.4, -0.2) is 24.4 Å². The Morgan fingerprint density at radius 3 is 2.27 bits per heavy atom. The normalized spacial score (nSPS) is 13.8. The van der Waals surface area contributed by atoms with Crippen LogP contribution in [0.1, 0.15) is 42.6 Å². The van der Waals surface area contributed by atoms with Gasteiger partial charge in [-0.1, -0.05) is 37.1 Å². The molecule has 1 heterocycles. The van der Waals surface area contributed by atoms with Gasteiger partial charge in [0.05, 0.1) is 17.9 Å². The molecule has 0 unspecified atom stereocenters. The number of carbonyl (C=O) groups is 3. The van der Waals surface area contributed by atoms with Gasteiger partial charge >= 0.3 is 5.97 Å². The molecule has 2 amide bonds. The van der Waals surface area contributed by atoms with Crippen molar-refractivity contribution in [3.05, 3.63) is 70.4 Å². The van der Waals surface area contributed by atoms with Gasteiger partial charge in [0.2, 0.25) is 0 Å². The van der Waals surface area contributed by atoms with E-state index in [0.717, 1.165) is 24.2 Å². The third-order valence-corrected chi connectivity index (χ3v) is 5.06. The topological polar surface area (TPSA) is 75.7 Å². The highest BCUT2D eigenvalue weighted by Gasteiger charge is 2.39. The number of carbonyl (C=O) groups excluding carboxylic acids is 3. The maximum absolute atomic E-state index is 12.9. The Kier molecular flexibility index (Phi) is 6.90. The summed E-state index contributed by atoms with van der Waals surface area (Å²) in [5, 5.41) is 2.79. The molecule has 2 aromatic carbocycles. The maximum atomic E-state index is 12.9. The molecule has 0 atom stereocenters. The van der Waals surface area contributed by atoms with Crippen LogP contribution in [0, 0.1) is 0 Å². The quantitative estimate of drug-likeness (QED) is 0.491. The number of anilines is 2. The zero-order chi connectivity index (χ0) is 21.7. The smallest absolute Gasteiger partial charge is 0.338 e. The lowest BCUT2D eigenvalue weighted by Crippen LogP contribution is -2.32. The summed E-state index contributed by atoms with van der Waals surface area (Å²) < 4.78 is 4.94. The van der Waals surface area contributed by atoms with E-state index in [1.807, 2.05) is 24.3 Å². The Hall–Kier alpha value is -3.12. The number of hydrogen-bond donors (Lipinski definition) is 1. The molecule has 0 saturated heterocycles. The van der Waals surface area contributed by atoms with Gasteiger partial charge < -0.3 is 10.1 Å². The minimum absolute atomic E-state index is 0.0254. The predicted molar refractivity (Wildman–Crippen MR) is 116 cm³/mol. The summed E-state index contributed by atoms with van der Waals surface area (Å²) in [7, 11) is 0. The summed E-state index contributed by atoms with van der Waals surface area (Å²) >= 11 is 6.17. The van der Waals surface area contributed by atoms with Gasteiger partial charge in [0.25, 0.3) is 11.8 Å². The predicted octanol–water partition coefficient (Wildman–Crippen LogP) is 4.64. The molecule has 0 fully saturated rings. The number of benzene rings is 2. The van der Waals surface area contributed by atoms with Gasteiger partial charge in [-0.3, -0.25) is 9.59 Å². The first kappa shape index (κ1) is 21.6. The molecule has 1 aliphatic rings. The number of halogens is 1. The number of amides is 2. The highest BCUT2D eigenvalue weighted by molar-refractivity contribution is 6.53. The molecule has 7 heteroatoms. The lowest BCUT2D eigenvalue weighted by molar-refractivity contribution is -0.120. The molecular formula is C23H23ClN2O4. The molecule has 0 saturated carbocycles. The van der Waals surface area contributed by atoms with Crippen molar-refractivity contribution in [1.29, 1.82) is 0 Å². The van der Waals surface area contributed by atoms with Crippen molar-refractivity contribution in [2.45, 2.75) is 33.1 Å². The Labute approximate surface area is 180 Å². The van der Waals surface area contributed by atoms with Crippen molar-refractivity contribution < 1.29 is 19.1 Å². The van der Waals surface area contributed by atoms with Crippen LogP contribution in [0.15, 0.2) is 59.3 Å². The van der Waals surface area contributed by atoms with Crippen LogP contribution in [0.3, 0.4) is 0 Å². The van der Waals surface area contributed by atoms with E-state index in [2.05, 4.69) is 12.2 Å². The first-order valence-electron chi connectivity index (χ1n) is 9.88. The second-order valence-corrected chi connectivity index (χ2v) is 7.21. The second kappa shape index (κ2) is 9.59. The lowest BCUT2D eigenvalue weighted by atomic mass is 10.1. The fraction of sp³-hybridized carbons (Fsp3) is 0.261. The molecule has 6 nitrogen and oxygen atoms in total. The van der Waals surface area contributed by atoms with Crippen molar-refractivity contribution in [1.82, 2.24) is 0 Å². The van der Waals surface area contributed by atoms with Gasteiger partial charge in [-0.05, 0) is 61.7 Å². The standard InChI is InChI=1S/C23H23ClN2O4/c1-3-5-6-15-7-11-17(12-8-15)25-20-19(24)21(27)26(22(20)28)18-13-9-16(10-14-18)23(29)30-4-2/h7-14,25H,3-6H2,1-2H3. The second-order valence-electron chi connectivity index (χ2n) is 6.83. The molecule has 156 valence electrons. The SMILES string of the molecule is CCCCc1ccc(NC2=C(Cl)C(=O)N(c3ccc(C(=O)OCC)cc3)C2=O)cc1. The molecule has 1 aliphatic heterocycles. The fourth-order valence-electron chi connectivity index (χ4n) is 3.09. The van der Waals surface area contributed by atoms with Crippen LogP contribution in [0.5, 0.6) is 0 Å². The van der Waals surface area contributed by atoms with E-state index >= 15 is 0 Å². The number of esters is 1. The van der Waals surface area contributed by atoms with E-state index in [-0.39, 0.29) is 17.3 Å². The first-order valence-corrected chi connectivity index (χ1v) is 10.3. The number of nitrogens with zero attached hydrogens (tertiary/aromatic N) is 1. The van der Waals surface area contributed by atoms with Gasteiger partial charge in [0.15, 0.2) is 0 Å². The van der Waals surface area contributed by atoms with Crippen LogP contribution in [0.2, 0.25) is 0 Å². The zero-order valence-electron chi connectivity index (χ0n) is 16.9. The fourth-order valence-corrected chi connectivity index (χ4v) is 3.30. The summed E-state index contributed by atoms with van der Waals surface area (Å²) in [6, 6.07) is 13.7. The molecule has 0 bridgehead atoms. The van der Waals surface area contributed by atoms with Crippen molar-refractivity contribution in [3.63, 3.8) is 0 Å². The highest BCUT2D eigenvalue weighted by Crippen LogP contribution is 2.30. The van der Waals surface area contributed by atoms with E-state index < -0.39 is 17.8 Å². The molecular weight excluding hydrogens is 404 g/mol. The number of aryl methyl sites for hydroxylation is 1. The molecule has 0 aliphatic carbocycles. The van der Waals surface area contributed by atoms with E-state index in [4.69, 9.17) is 16.3 Å². The Morgan fingerprint density at radius 2 is 1.67 bits per heavy atom. The number of unbranched alkanes of at least 4 members (excludes halogenated alkanes) is 1. The average molecular weight is 427 g/mol. The van der Waals surface area contributed by atoms with Crippen molar-refractivity contribution in [2.75, 3.05) is 16.8 Å². The average Bonchev–Trinajstić information content (AvgIpc) is 2.96. The van der Waals surface area contributed by atoms with Gasteiger partial charge in [-0.2, -0.15) is 0 Å². The molecule has 3 rings (SSSR count). The molecule has 0 radical (unpaired) electrons. The summed E-state index contributed by atoms with van der Waals surface area (Å²) in [5.41, 5.74) is 2.56. The highest BCUT2D eigenvalue weighted by atomic mass is 35.5. The summed E-state index contributed by atoms with van der Waals surface area (Å²) in [4.78, 5) is 38.2. The first-order chi connectivity index (χ1) is 14.5. The third-order valence-electron chi connectivity index (χ3n) is 4.71. The van der Waals surface area contributed by atoms with Crippen molar-refractivity contribution in [3.8, 4) is 0 Å². The minimum Gasteiger partial charge on any atom is -0.462 e. The minimum atomic E-state index is -0.618. The number of hydrogen-bond acceptors (Lipinski definition) is 5. The van der Waals surface area contributed by atoms with Crippen LogP contribution >= 0.6 is 11.6 Å².